The summed E-state index contributed by atoms with van der Waals surface area (Å²) >= 11 is 0. The van der Waals surface area contributed by atoms with E-state index < -0.39 is 0 Å². The highest BCUT2D eigenvalue weighted by atomic mass is 16.5. The quantitative estimate of drug-likeness (QED) is 0.655. The van der Waals surface area contributed by atoms with Crippen LogP contribution >= 0.6 is 0 Å². The maximum absolute atomic E-state index is 13.2. The SMILES string of the molecule is Cc1cnn(CC(=O)N2CCC(c3nc(C)no3)N(C(=O)c3ccccc3)CC2)c1. The smallest absolute Gasteiger partial charge is 0.254 e. The summed E-state index contributed by atoms with van der Waals surface area (Å²) in [5.41, 5.74) is 1.59. The lowest BCUT2D eigenvalue weighted by Gasteiger charge is -2.27. The van der Waals surface area contributed by atoms with Gasteiger partial charge in [0.25, 0.3) is 5.91 Å². The van der Waals surface area contributed by atoms with Crippen LogP contribution in [-0.4, -0.2) is 61.2 Å². The molecule has 1 aliphatic heterocycles. The minimum Gasteiger partial charge on any atom is -0.339 e. The van der Waals surface area contributed by atoms with Gasteiger partial charge in [0.2, 0.25) is 11.8 Å². The van der Waals surface area contributed by atoms with E-state index in [1.807, 2.05) is 31.3 Å². The predicted molar refractivity (Wildman–Crippen MR) is 107 cm³/mol. The fourth-order valence-corrected chi connectivity index (χ4v) is 3.67. The van der Waals surface area contributed by atoms with Crippen molar-refractivity contribution in [2.45, 2.75) is 32.9 Å². The average Bonchev–Trinajstić information content (AvgIpc) is 3.29. The number of amides is 2. The molecule has 0 aliphatic carbocycles. The van der Waals surface area contributed by atoms with Crippen LogP contribution in [0.1, 0.15) is 40.1 Å². The molecule has 0 spiro atoms. The molecule has 30 heavy (non-hydrogen) atoms. The lowest BCUT2D eigenvalue weighted by molar-refractivity contribution is -0.131. The predicted octanol–water partition coefficient (Wildman–Crippen LogP) is 2.00. The molecule has 4 rings (SSSR count). The Kier molecular flexibility index (Phi) is 5.60. The second-order valence-corrected chi connectivity index (χ2v) is 7.44. The molecule has 1 fully saturated rings. The van der Waals surface area contributed by atoms with Crippen molar-refractivity contribution in [3.8, 4) is 0 Å². The summed E-state index contributed by atoms with van der Waals surface area (Å²) < 4.78 is 7.03. The van der Waals surface area contributed by atoms with E-state index in [9.17, 15) is 9.59 Å². The van der Waals surface area contributed by atoms with E-state index in [0.29, 0.717) is 43.3 Å². The molecule has 0 bridgehead atoms. The topological polar surface area (TPSA) is 97.4 Å². The Bertz CT molecular complexity index is 1030. The van der Waals surface area contributed by atoms with Gasteiger partial charge in [-0.1, -0.05) is 23.4 Å². The largest absolute Gasteiger partial charge is 0.339 e. The zero-order valence-corrected chi connectivity index (χ0v) is 17.1. The molecule has 1 unspecified atom stereocenters. The van der Waals surface area contributed by atoms with Crippen molar-refractivity contribution < 1.29 is 14.1 Å². The zero-order valence-electron chi connectivity index (χ0n) is 17.1. The van der Waals surface area contributed by atoms with Crippen LogP contribution in [0.4, 0.5) is 0 Å². The van der Waals surface area contributed by atoms with Crippen LogP contribution < -0.4 is 0 Å². The third-order valence-electron chi connectivity index (χ3n) is 5.18. The van der Waals surface area contributed by atoms with Crippen LogP contribution in [0.2, 0.25) is 0 Å². The first-order valence-corrected chi connectivity index (χ1v) is 9.94. The molecule has 0 saturated carbocycles. The van der Waals surface area contributed by atoms with E-state index in [0.717, 1.165) is 5.56 Å². The van der Waals surface area contributed by atoms with Gasteiger partial charge >= 0.3 is 0 Å². The van der Waals surface area contributed by atoms with Crippen LogP contribution in [0.5, 0.6) is 0 Å². The first-order valence-electron chi connectivity index (χ1n) is 9.94. The van der Waals surface area contributed by atoms with Crippen molar-refractivity contribution in [3.05, 3.63) is 65.6 Å². The number of carbonyl (C=O) groups excluding carboxylic acids is 2. The second-order valence-electron chi connectivity index (χ2n) is 7.44. The molecule has 156 valence electrons. The Labute approximate surface area is 174 Å². The summed E-state index contributed by atoms with van der Waals surface area (Å²) in [5, 5.41) is 8.08. The Hall–Kier alpha value is -3.49. The van der Waals surface area contributed by atoms with Crippen molar-refractivity contribution in [1.82, 2.24) is 29.7 Å². The summed E-state index contributed by atoms with van der Waals surface area (Å²) in [6.45, 7) is 5.15. The number of rotatable bonds is 4. The monoisotopic (exact) mass is 408 g/mol. The molecule has 0 N–H and O–H groups in total. The molecule has 2 amide bonds. The number of hydrogen-bond donors (Lipinski definition) is 0. The van der Waals surface area contributed by atoms with Gasteiger partial charge < -0.3 is 14.3 Å². The third kappa shape index (κ3) is 4.24. The summed E-state index contributed by atoms with van der Waals surface area (Å²) in [6, 6.07) is 8.72. The fourth-order valence-electron chi connectivity index (χ4n) is 3.67. The molecule has 9 nitrogen and oxygen atoms in total. The first-order chi connectivity index (χ1) is 14.5. The summed E-state index contributed by atoms with van der Waals surface area (Å²) in [6.07, 6.45) is 4.08. The Morgan fingerprint density at radius 2 is 1.93 bits per heavy atom. The molecule has 3 aromatic rings. The number of aryl methyl sites for hydroxylation is 2. The van der Waals surface area contributed by atoms with Gasteiger partial charge in [-0.05, 0) is 38.0 Å². The standard InChI is InChI=1S/C21H24N6O3/c1-15-12-22-26(13-15)14-19(28)25-9-8-18(20-23-16(2)24-30-20)27(11-10-25)21(29)17-6-4-3-5-7-17/h3-7,12-13,18H,8-11,14H2,1-2H3. The molecule has 1 saturated heterocycles. The van der Waals surface area contributed by atoms with Gasteiger partial charge in [0.05, 0.1) is 6.20 Å². The number of nitrogens with zero attached hydrogens (tertiary/aromatic N) is 6. The Balaban J connectivity index is 1.55. The second kappa shape index (κ2) is 8.48. The lowest BCUT2D eigenvalue weighted by Crippen LogP contribution is -2.39. The van der Waals surface area contributed by atoms with Crippen molar-refractivity contribution in [1.29, 1.82) is 0 Å². The number of aromatic nitrogens is 4. The zero-order chi connectivity index (χ0) is 21.1. The fraction of sp³-hybridized carbons (Fsp3) is 0.381. The van der Waals surface area contributed by atoms with Crippen LogP contribution in [0.25, 0.3) is 0 Å². The highest BCUT2D eigenvalue weighted by Gasteiger charge is 2.34. The maximum Gasteiger partial charge on any atom is 0.254 e. The van der Waals surface area contributed by atoms with Crippen LogP contribution in [-0.2, 0) is 11.3 Å². The van der Waals surface area contributed by atoms with E-state index in [1.165, 1.54) is 0 Å². The van der Waals surface area contributed by atoms with Crippen molar-refractivity contribution in [3.63, 3.8) is 0 Å². The molecule has 9 heteroatoms. The molecule has 2 aromatic heterocycles. The summed E-state index contributed by atoms with van der Waals surface area (Å²) in [4.78, 5) is 33.9. The van der Waals surface area contributed by atoms with E-state index in [2.05, 4.69) is 15.2 Å². The van der Waals surface area contributed by atoms with E-state index in [4.69, 9.17) is 4.52 Å². The minimum absolute atomic E-state index is 0.0347. The molecule has 1 atom stereocenters. The maximum atomic E-state index is 13.2. The molecular weight excluding hydrogens is 384 g/mol. The number of carbonyl (C=O) groups is 2. The van der Waals surface area contributed by atoms with Crippen LogP contribution in [0, 0.1) is 13.8 Å². The highest BCUT2D eigenvalue weighted by Crippen LogP contribution is 2.27. The molecule has 3 heterocycles. The average molecular weight is 408 g/mol. The van der Waals surface area contributed by atoms with Crippen molar-refractivity contribution in [2.75, 3.05) is 19.6 Å². The molecular formula is C21H24N6O3. The van der Waals surface area contributed by atoms with Gasteiger partial charge in [-0.25, -0.2) is 0 Å². The summed E-state index contributed by atoms with van der Waals surface area (Å²) in [7, 11) is 0. The van der Waals surface area contributed by atoms with E-state index in [1.54, 1.807) is 39.7 Å². The molecule has 1 aliphatic rings. The summed E-state index contributed by atoms with van der Waals surface area (Å²) in [5.74, 6) is 0.762. The van der Waals surface area contributed by atoms with Gasteiger partial charge in [-0.15, -0.1) is 0 Å². The van der Waals surface area contributed by atoms with Gasteiger partial charge in [0.1, 0.15) is 12.6 Å². The third-order valence-corrected chi connectivity index (χ3v) is 5.18. The van der Waals surface area contributed by atoms with Gasteiger partial charge in [-0.2, -0.15) is 10.1 Å². The van der Waals surface area contributed by atoms with Crippen molar-refractivity contribution >= 4 is 11.8 Å². The van der Waals surface area contributed by atoms with Gasteiger partial charge in [0.15, 0.2) is 5.82 Å². The lowest BCUT2D eigenvalue weighted by atomic mass is 10.1. The van der Waals surface area contributed by atoms with Gasteiger partial charge in [0, 0.05) is 31.4 Å². The van der Waals surface area contributed by atoms with E-state index >= 15 is 0 Å². The number of benzene rings is 1. The minimum atomic E-state index is -0.386. The molecule has 1 aromatic carbocycles. The highest BCUT2D eigenvalue weighted by molar-refractivity contribution is 5.94. The molecule has 0 radical (unpaired) electrons. The van der Waals surface area contributed by atoms with Crippen LogP contribution in [0.15, 0.2) is 47.2 Å². The van der Waals surface area contributed by atoms with Crippen LogP contribution in [0.3, 0.4) is 0 Å². The Morgan fingerprint density at radius 1 is 1.13 bits per heavy atom. The van der Waals surface area contributed by atoms with Crippen molar-refractivity contribution in [2.24, 2.45) is 0 Å². The first kappa shape index (κ1) is 19.8. The number of hydrogen-bond acceptors (Lipinski definition) is 6. The normalized spacial score (nSPS) is 17.1. The Morgan fingerprint density at radius 3 is 2.60 bits per heavy atom. The van der Waals surface area contributed by atoms with Gasteiger partial charge in [-0.3, -0.25) is 14.3 Å². The van der Waals surface area contributed by atoms with E-state index in [-0.39, 0.29) is 24.4 Å².